The molecular formula is C12H11N3O3. The van der Waals surface area contributed by atoms with Crippen LogP contribution in [0.2, 0.25) is 0 Å². The lowest BCUT2D eigenvalue weighted by molar-refractivity contribution is 0.0687. The van der Waals surface area contributed by atoms with Gasteiger partial charge < -0.3 is 9.84 Å². The SMILES string of the molecule is Cc1cc(C)nc(Oc2cccnc2C(=O)O)n1. The molecule has 0 aromatic carbocycles. The van der Waals surface area contributed by atoms with Crippen molar-refractivity contribution in [2.75, 3.05) is 0 Å². The first-order chi connectivity index (χ1) is 8.56. The first kappa shape index (κ1) is 12.0. The number of pyridine rings is 1. The molecular weight excluding hydrogens is 234 g/mol. The highest BCUT2D eigenvalue weighted by Crippen LogP contribution is 2.21. The Morgan fingerprint density at radius 2 is 1.94 bits per heavy atom. The lowest BCUT2D eigenvalue weighted by Crippen LogP contribution is -2.04. The second-order valence-corrected chi connectivity index (χ2v) is 3.69. The topological polar surface area (TPSA) is 85.2 Å². The van der Waals surface area contributed by atoms with E-state index in [9.17, 15) is 4.79 Å². The lowest BCUT2D eigenvalue weighted by atomic mass is 10.3. The van der Waals surface area contributed by atoms with Gasteiger partial charge >= 0.3 is 12.0 Å². The van der Waals surface area contributed by atoms with Gasteiger partial charge in [0.15, 0.2) is 11.4 Å². The van der Waals surface area contributed by atoms with Crippen LogP contribution in [0.4, 0.5) is 0 Å². The molecule has 6 nitrogen and oxygen atoms in total. The molecule has 1 N–H and O–H groups in total. The van der Waals surface area contributed by atoms with Gasteiger partial charge in [0.1, 0.15) is 0 Å². The van der Waals surface area contributed by atoms with Crippen molar-refractivity contribution in [2.45, 2.75) is 13.8 Å². The Morgan fingerprint density at radius 3 is 2.56 bits per heavy atom. The van der Waals surface area contributed by atoms with Crippen molar-refractivity contribution < 1.29 is 14.6 Å². The third-order valence-electron chi connectivity index (χ3n) is 2.14. The highest BCUT2D eigenvalue weighted by Gasteiger charge is 2.14. The van der Waals surface area contributed by atoms with Gasteiger partial charge in [0.25, 0.3) is 0 Å². The number of nitrogens with zero attached hydrogens (tertiary/aromatic N) is 3. The van der Waals surface area contributed by atoms with Crippen LogP contribution >= 0.6 is 0 Å². The summed E-state index contributed by atoms with van der Waals surface area (Å²) in [5, 5.41) is 8.97. The molecule has 0 spiro atoms. The molecule has 92 valence electrons. The van der Waals surface area contributed by atoms with Crippen molar-refractivity contribution in [1.29, 1.82) is 0 Å². The van der Waals surface area contributed by atoms with Gasteiger partial charge in [0, 0.05) is 17.6 Å². The summed E-state index contributed by atoms with van der Waals surface area (Å²) >= 11 is 0. The van der Waals surface area contributed by atoms with Crippen LogP contribution in [-0.2, 0) is 0 Å². The highest BCUT2D eigenvalue weighted by molar-refractivity contribution is 5.88. The van der Waals surface area contributed by atoms with Crippen molar-refractivity contribution >= 4 is 5.97 Å². The maximum Gasteiger partial charge on any atom is 0.358 e. The number of carboxylic acid groups (broad SMARTS) is 1. The molecule has 2 heterocycles. The smallest absolute Gasteiger partial charge is 0.358 e. The van der Waals surface area contributed by atoms with Gasteiger partial charge in [0.05, 0.1) is 0 Å². The number of hydrogen-bond acceptors (Lipinski definition) is 5. The van der Waals surface area contributed by atoms with Gasteiger partial charge in [0.2, 0.25) is 0 Å². The molecule has 0 radical (unpaired) electrons. The molecule has 0 aliphatic rings. The van der Waals surface area contributed by atoms with Crippen molar-refractivity contribution in [3.8, 4) is 11.8 Å². The second-order valence-electron chi connectivity index (χ2n) is 3.69. The molecule has 2 aromatic rings. The molecule has 2 rings (SSSR count). The van der Waals surface area contributed by atoms with Crippen LogP contribution in [0.25, 0.3) is 0 Å². The van der Waals surface area contributed by atoms with Gasteiger partial charge in [-0.25, -0.2) is 19.7 Å². The van der Waals surface area contributed by atoms with E-state index >= 15 is 0 Å². The zero-order chi connectivity index (χ0) is 13.1. The minimum Gasteiger partial charge on any atom is -0.476 e. The van der Waals surface area contributed by atoms with Crippen LogP contribution in [0.3, 0.4) is 0 Å². The zero-order valence-electron chi connectivity index (χ0n) is 9.91. The number of aromatic nitrogens is 3. The van der Waals surface area contributed by atoms with Crippen molar-refractivity contribution in [3.63, 3.8) is 0 Å². The lowest BCUT2D eigenvalue weighted by Gasteiger charge is -2.07. The number of hydrogen-bond donors (Lipinski definition) is 1. The fourth-order valence-corrected chi connectivity index (χ4v) is 1.47. The average molecular weight is 245 g/mol. The van der Waals surface area contributed by atoms with E-state index in [0.29, 0.717) is 0 Å². The van der Waals surface area contributed by atoms with Gasteiger partial charge in [-0.2, -0.15) is 0 Å². The van der Waals surface area contributed by atoms with Crippen molar-refractivity contribution in [1.82, 2.24) is 15.0 Å². The van der Waals surface area contributed by atoms with Gasteiger partial charge in [-0.05, 0) is 32.0 Å². The third kappa shape index (κ3) is 2.60. The Labute approximate surface area is 103 Å². The van der Waals surface area contributed by atoms with Crippen LogP contribution in [0.5, 0.6) is 11.8 Å². The number of carbonyl (C=O) groups is 1. The Hall–Kier alpha value is -2.50. The fourth-order valence-electron chi connectivity index (χ4n) is 1.47. The van der Waals surface area contributed by atoms with Gasteiger partial charge in [-0.15, -0.1) is 0 Å². The normalized spacial score (nSPS) is 10.1. The average Bonchev–Trinajstić information content (AvgIpc) is 2.27. The summed E-state index contributed by atoms with van der Waals surface area (Å²) in [5.41, 5.74) is 1.33. The molecule has 18 heavy (non-hydrogen) atoms. The van der Waals surface area contributed by atoms with Gasteiger partial charge in [-0.1, -0.05) is 0 Å². The van der Waals surface area contributed by atoms with Crippen molar-refractivity contribution in [2.24, 2.45) is 0 Å². The minimum absolute atomic E-state index is 0.114. The number of aryl methyl sites for hydroxylation is 2. The molecule has 2 aromatic heterocycles. The molecule has 0 saturated heterocycles. The summed E-state index contributed by atoms with van der Waals surface area (Å²) < 4.78 is 5.37. The molecule has 6 heteroatoms. The van der Waals surface area contributed by atoms with Gasteiger partial charge in [-0.3, -0.25) is 0 Å². The van der Waals surface area contributed by atoms with Crippen LogP contribution in [0.15, 0.2) is 24.4 Å². The Morgan fingerprint density at radius 1 is 1.28 bits per heavy atom. The third-order valence-corrected chi connectivity index (χ3v) is 2.14. The van der Waals surface area contributed by atoms with E-state index in [1.165, 1.54) is 12.3 Å². The number of ether oxygens (including phenoxy) is 1. The van der Waals surface area contributed by atoms with Crippen LogP contribution in [0, 0.1) is 13.8 Å². The largest absolute Gasteiger partial charge is 0.476 e. The standard InChI is InChI=1S/C12H11N3O3/c1-7-6-8(2)15-12(14-7)18-9-4-3-5-13-10(9)11(16)17/h3-6H,1-2H3,(H,16,17). The highest BCUT2D eigenvalue weighted by atomic mass is 16.5. The predicted octanol–water partition coefficient (Wildman–Crippen LogP) is 1.98. The Bertz CT molecular complexity index is 579. The van der Waals surface area contributed by atoms with Crippen LogP contribution in [0.1, 0.15) is 21.9 Å². The van der Waals surface area contributed by atoms with E-state index in [1.54, 1.807) is 12.1 Å². The summed E-state index contributed by atoms with van der Waals surface area (Å²) in [6.07, 6.45) is 1.39. The minimum atomic E-state index is -1.16. The van der Waals surface area contributed by atoms with E-state index in [-0.39, 0.29) is 17.5 Å². The second kappa shape index (κ2) is 4.79. The molecule has 0 aliphatic carbocycles. The first-order valence-corrected chi connectivity index (χ1v) is 5.24. The summed E-state index contributed by atoms with van der Waals surface area (Å²) in [4.78, 5) is 22.9. The maximum absolute atomic E-state index is 11.0. The van der Waals surface area contributed by atoms with Crippen molar-refractivity contribution in [3.05, 3.63) is 41.5 Å². The quantitative estimate of drug-likeness (QED) is 0.889. The molecule has 0 amide bonds. The van der Waals surface area contributed by atoms with E-state index in [0.717, 1.165) is 11.4 Å². The monoisotopic (exact) mass is 245 g/mol. The number of aromatic carboxylic acids is 1. The number of rotatable bonds is 3. The van der Waals surface area contributed by atoms with E-state index in [2.05, 4.69) is 15.0 Å². The Kier molecular flexibility index (Phi) is 3.18. The molecule has 0 fully saturated rings. The molecule has 0 atom stereocenters. The fraction of sp³-hybridized carbons (Fsp3) is 0.167. The number of carboxylic acids is 1. The summed E-state index contributed by atoms with van der Waals surface area (Å²) in [6.45, 7) is 3.62. The summed E-state index contributed by atoms with van der Waals surface area (Å²) in [7, 11) is 0. The Balaban J connectivity index is 2.37. The summed E-state index contributed by atoms with van der Waals surface area (Å²) in [6, 6.07) is 5.01. The predicted molar refractivity (Wildman–Crippen MR) is 62.8 cm³/mol. The zero-order valence-corrected chi connectivity index (χ0v) is 9.91. The molecule has 0 bridgehead atoms. The van der Waals surface area contributed by atoms with E-state index < -0.39 is 5.97 Å². The van der Waals surface area contributed by atoms with E-state index in [1.807, 2.05) is 13.8 Å². The van der Waals surface area contributed by atoms with Crippen LogP contribution < -0.4 is 4.74 Å². The molecule has 0 aliphatic heterocycles. The first-order valence-electron chi connectivity index (χ1n) is 5.24. The molecule has 0 unspecified atom stereocenters. The van der Waals surface area contributed by atoms with E-state index in [4.69, 9.17) is 9.84 Å². The maximum atomic E-state index is 11.0. The summed E-state index contributed by atoms with van der Waals surface area (Å²) in [5.74, 6) is -1.04. The van der Waals surface area contributed by atoms with Crippen LogP contribution in [-0.4, -0.2) is 26.0 Å². The molecule has 0 saturated carbocycles.